The summed E-state index contributed by atoms with van der Waals surface area (Å²) >= 11 is 5.89. The minimum absolute atomic E-state index is 0.0834. The lowest BCUT2D eigenvalue weighted by Gasteiger charge is -2.21. The van der Waals surface area contributed by atoms with E-state index in [1.54, 1.807) is 31.2 Å². The molecule has 146 valence electrons. The quantitative estimate of drug-likeness (QED) is 0.625. The van der Waals surface area contributed by atoms with Gasteiger partial charge in [-0.25, -0.2) is 12.8 Å². The van der Waals surface area contributed by atoms with Crippen LogP contribution in [-0.2, 0) is 10.0 Å². The van der Waals surface area contributed by atoms with Crippen LogP contribution < -0.4 is 0 Å². The van der Waals surface area contributed by atoms with Gasteiger partial charge < -0.3 is 4.52 Å². The third-order valence-electron chi connectivity index (χ3n) is 4.78. The molecule has 0 spiro atoms. The molecule has 1 saturated heterocycles. The molecule has 0 aliphatic carbocycles. The van der Waals surface area contributed by atoms with E-state index in [2.05, 4.69) is 10.1 Å². The summed E-state index contributed by atoms with van der Waals surface area (Å²) in [6.07, 6.45) is 1.20. The Labute approximate surface area is 167 Å². The molecule has 1 aliphatic rings. The zero-order chi connectivity index (χ0) is 19.9. The van der Waals surface area contributed by atoms with Crippen molar-refractivity contribution in [3.05, 3.63) is 64.8 Å². The van der Waals surface area contributed by atoms with Crippen molar-refractivity contribution in [2.45, 2.75) is 30.7 Å². The van der Waals surface area contributed by atoms with E-state index in [0.717, 1.165) is 6.07 Å². The Morgan fingerprint density at radius 1 is 1.21 bits per heavy atom. The topological polar surface area (TPSA) is 76.3 Å². The normalized spacial score (nSPS) is 17.9. The van der Waals surface area contributed by atoms with Crippen LogP contribution in [0.4, 0.5) is 4.39 Å². The minimum Gasteiger partial charge on any atom is -0.337 e. The molecule has 3 aromatic rings. The van der Waals surface area contributed by atoms with Gasteiger partial charge in [0.15, 0.2) is 0 Å². The molecule has 0 radical (unpaired) electrons. The van der Waals surface area contributed by atoms with Gasteiger partial charge in [0, 0.05) is 17.1 Å². The summed E-state index contributed by atoms with van der Waals surface area (Å²) in [5.41, 5.74) is 1.11. The summed E-state index contributed by atoms with van der Waals surface area (Å²) in [5, 5.41) is 4.55. The van der Waals surface area contributed by atoms with Gasteiger partial charge in [-0.15, -0.1) is 0 Å². The zero-order valence-corrected chi connectivity index (χ0v) is 16.5. The molecule has 1 atom stereocenters. The van der Waals surface area contributed by atoms with Crippen molar-refractivity contribution >= 4 is 21.6 Å². The second-order valence-corrected chi connectivity index (χ2v) is 8.97. The summed E-state index contributed by atoms with van der Waals surface area (Å²) in [6.45, 7) is 1.89. The van der Waals surface area contributed by atoms with Crippen LogP contribution in [0.25, 0.3) is 11.4 Å². The highest BCUT2D eigenvalue weighted by Crippen LogP contribution is 2.36. The second kappa shape index (κ2) is 7.27. The van der Waals surface area contributed by atoms with Crippen LogP contribution >= 0.6 is 11.6 Å². The smallest absolute Gasteiger partial charge is 0.245 e. The molecule has 1 aliphatic heterocycles. The van der Waals surface area contributed by atoms with Gasteiger partial charge in [-0.3, -0.25) is 0 Å². The highest BCUT2D eigenvalue weighted by atomic mass is 35.5. The van der Waals surface area contributed by atoms with Crippen LogP contribution in [0, 0.1) is 12.7 Å². The highest BCUT2D eigenvalue weighted by molar-refractivity contribution is 7.89. The monoisotopic (exact) mass is 421 g/mol. The molecule has 0 amide bonds. The summed E-state index contributed by atoms with van der Waals surface area (Å²) in [5.74, 6) is 0.0236. The lowest BCUT2D eigenvalue weighted by Crippen LogP contribution is -2.31. The van der Waals surface area contributed by atoms with E-state index < -0.39 is 21.9 Å². The molecule has 0 unspecified atom stereocenters. The molecule has 0 bridgehead atoms. The fourth-order valence-electron chi connectivity index (χ4n) is 3.23. The maximum Gasteiger partial charge on any atom is 0.245 e. The summed E-state index contributed by atoms with van der Waals surface area (Å²) in [7, 11) is -3.89. The Kier molecular flexibility index (Phi) is 4.95. The molecule has 0 saturated carbocycles. The van der Waals surface area contributed by atoms with E-state index in [-0.39, 0.29) is 10.8 Å². The van der Waals surface area contributed by atoms with Crippen molar-refractivity contribution in [3.8, 4) is 11.4 Å². The summed E-state index contributed by atoms with van der Waals surface area (Å²) in [6, 6.07) is 10.3. The number of hydrogen-bond donors (Lipinski definition) is 0. The first-order chi connectivity index (χ1) is 13.4. The summed E-state index contributed by atoms with van der Waals surface area (Å²) < 4.78 is 46.7. The van der Waals surface area contributed by atoms with Crippen molar-refractivity contribution in [2.75, 3.05) is 6.54 Å². The van der Waals surface area contributed by atoms with Crippen molar-refractivity contribution in [3.63, 3.8) is 0 Å². The maximum absolute atomic E-state index is 13.9. The number of halogens is 2. The van der Waals surface area contributed by atoms with Gasteiger partial charge in [0.1, 0.15) is 11.9 Å². The van der Waals surface area contributed by atoms with Crippen LogP contribution in [0.3, 0.4) is 0 Å². The largest absolute Gasteiger partial charge is 0.337 e. The molecular weight excluding hydrogens is 405 g/mol. The zero-order valence-electron chi connectivity index (χ0n) is 15.0. The Hall–Kier alpha value is -2.29. The predicted octanol–water partition coefficient (Wildman–Crippen LogP) is 4.36. The first-order valence-electron chi connectivity index (χ1n) is 8.74. The molecule has 4 rings (SSSR count). The number of benzene rings is 2. The SMILES string of the molecule is Cc1ccc(S(=O)(=O)N2CCC[C@@H]2c2nc(-c3ccc(Cl)cc3)no2)cc1F. The molecule has 0 N–H and O–H groups in total. The van der Waals surface area contributed by atoms with Crippen molar-refractivity contribution in [1.82, 2.24) is 14.4 Å². The fraction of sp³-hybridized carbons (Fsp3) is 0.263. The average Bonchev–Trinajstić information content (AvgIpc) is 3.33. The molecule has 6 nitrogen and oxygen atoms in total. The number of aryl methyl sites for hydroxylation is 1. The van der Waals surface area contributed by atoms with Crippen LogP contribution in [-0.4, -0.2) is 29.4 Å². The number of hydrogen-bond acceptors (Lipinski definition) is 5. The van der Waals surface area contributed by atoms with Gasteiger partial charge in [-0.2, -0.15) is 9.29 Å². The van der Waals surface area contributed by atoms with Crippen LogP contribution in [0.1, 0.15) is 30.3 Å². The van der Waals surface area contributed by atoms with Gasteiger partial charge in [0.25, 0.3) is 0 Å². The van der Waals surface area contributed by atoms with E-state index in [1.807, 2.05) is 0 Å². The summed E-state index contributed by atoms with van der Waals surface area (Å²) in [4.78, 5) is 4.30. The Balaban J connectivity index is 1.65. The van der Waals surface area contributed by atoms with E-state index in [1.165, 1.54) is 16.4 Å². The molecule has 1 aromatic heterocycles. The maximum atomic E-state index is 13.9. The van der Waals surface area contributed by atoms with Crippen LogP contribution in [0.5, 0.6) is 0 Å². The molecule has 2 aromatic carbocycles. The standard InChI is InChI=1S/C19H17ClFN3O3S/c1-12-4-9-15(11-16(12)21)28(25,26)24-10-2-3-17(24)19-22-18(23-27-19)13-5-7-14(20)8-6-13/h4-9,11,17H,2-3,10H2,1H3/t17-/m1/s1. The minimum atomic E-state index is -3.89. The van der Waals surface area contributed by atoms with Gasteiger partial charge in [0.2, 0.25) is 21.7 Å². The van der Waals surface area contributed by atoms with Gasteiger partial charge in [-0.05, 0) is 61.7 Å². The molecule has 1 fully saturated rings. The van der Waals surface area contributed by atoms with Gasteiger partial charge in [-0.1, -0.05) is 22.8 Å². The van der Waals surface area contributed by atoms with E-state index in [0.29, 0.717) is 41.4 Å². The lowest BCUT2D eigenvalue weighted by molar-refractivity contribution is 0.290. The number of rotatable bonds is 4. The van der Waals surface area contributed by atoms with Gasteiger partial charge >= 0.3 is 0 Å². The third-order valence-corrected chi connectivity index (χ3v) is 6.94. The number of nitrogens with zero attached hydrogens (tertiary/aromatic N) is 3. The second-order valence-electron chi connectivity index (χ2n) is 6.65. The van der Waals surface area contributed by atoms with Crippen molar-refractivity contribution in [1.29, 1.82) is 0 Å². The third kappa shape index (κ3) is 3.43. The Morgan fingerprint density at radius 2 is 1.96 bits per heavy atom. The first kappa shape index (κ1) is 19.0. The molecule has 28 heavy (non-hydrogen) atoms. The molecular formula is C19H17ClFN3O3S. The average molecular weight is 422 g/mol. The highest BCUT2D eigenvalue weighted by Gasteiger charge is 2.39. The first-order valence-corrected chi connectivity index (χ1v) is 10.6. The van der Waals surface area contributed by atoms with Gasteiger partial charge in [0.05, 0.1) is 4.90 Å². The van der Waals surface area contributed by atoms with Crippen molar-refractivity contribution < 1.29 is 17.3 Å². The Bertz CT molecular complexity index is 1120. The molecule has 2 heterocycles. The van der Waals surface area contributed by atoms with Crippen LogP contribution in [0.15, 0.2) is 51.9 Å². The Morgan fingerprint density at radius 3 is 2.68 bits per heavy atom. The molecule has 9 heteroatoms. The fourth-order valence-corrected chi connectivity index (χ4v) is 5.02. The number of sulfonamides is 1. The van der Waals surface area contributed by atoms with E-state index in [4.69, 9.17) is 16.1 Å². The van der Waals surface area contributed by atoms with E-state index in [9.17, 15) is 12.8 Å². The van der Waals surface area contributed by atoms with E-state index >= 15 is 0 Å². The van der Waals surface area contributed by atoms with Crippen LogP contribution in [0.2, 0.25) is 5.02 Å². The van der Waals surface area contributed by atoms with Crippen molar-refractivity contribution in [2.24, 2.45) is 0 Å². The lowest BCUT2D eigenvalue weighted by atomic mass is 10.2. The number of aromatic nitrogens is 2. The predicted molar refractivity (Wildman–Crippen MR) is 102 cm³/mol.